The van der Waals surface area contributed by atoms with Gasteiger partial charge >= 0.3 is 6.18 Å². The van der Waals surface area contributed by atoms with Gasteiger partial charge in [0.05, 0.1) is 5.56 Å². The first kappa shape index (κ1) is 21.0. The number of likely N-dealkylation sites (tertiary alicyclic amines) is 1. The largest absolute Gasteiger partial charge is 0.416 e. The predicted molar refractivity (Wildman–Crippen MR) is 120 cm³/mol. The Kier molecular flexibility index (Phi) is 4.75. The summed E-state index contributed by atoms with van der Waals surface area (Å²) in [4.78, 5) is 7.55. The fourth-order valence-corrected chi connectivity index (χ4v) is 7.55. The highest BCUT2D eigenvalue weighted by atomic mass is 32.2. The summed E-state index contributed by atoms with van der Waals surface area (Å²) in [5, 5.41) is 4.65. The van der Waals surface area contributed by atoms with Crippen LogP contribution in [0.2, 0.25) is 0 Å². The maximum absolute atomic E-state index is 13.2. The van der Waals surface area contributed by atoms with Crippen molar-refractivity contribution in [1.29, 1.82) is 0 Å². The van der Waals surface area contributed by atoms with E-state index < -0.39 is 11.7 Å². The maximum Gasteiger partial charge on any atom is 0.416 e. The van der Waals surface area contributed by atoms with E-state index in [0.29, 0.717) is 40.6 Å². The van der Waals surface area contributed by atoms with Gasteiger partial charge in [-0.15, -0.1) is 0 Å². The van der Waals surface area contributed by atoms with Gasteiger partial charge in [-0.05, 0) is 63.6 Å². The highest BCUT2D eigenvalue weighted by Gasteiger charge is 2.60. The normalized spacial score (nSPS) is 31.3. The van der Waals surface area contributed by atoms with Gasteiger partial charge in [-0.3, -0.25) is 4.90 Å². The number of hydrogen-bond donors (Lipinski definition) is 0. The minimum Gasteiger partial charge on any atom is -0.300 e. The molecule has 0 N–H and O–H groups in total. The van der Waals surface area contributed by atoms with E-state index in [2.05, 4.69) is 35.6 Å². The van der Waals surface area contributed by atoms with Crippen molar-refractivity contribution in [3.05, 3.63) is 35.7 Å². The molecule has 0 amide bonds. The summed E-state index contributed by atoms with van der Waals surface area (Å²) in [5.41, 5.74) is 0.385. The molecule has 2 atom stereocenters. The third kappa shape index (κ3) is 3.40. The number of alkyl halides is 3. The van der Waals surface area contributed by atoms with E-state index in [9.17, 15) is 13.2 Å². The lowest BCUT2D eigenvalue weighted by Crippen LogP contribution is -2.41. The minimum atomic E-state index is -4.37. The zero-order valence-corrected chi connectivity index (χ0v) is 19.3. The molecule has 4 nitrogen and oxygen atoms in total. The van der Waals surface area contributed by atoms with Crippen LogP contribution in [0.25, 0.3) is 11.4 Å². The summed E-state index contributed by atoms with van der Waals surface area (Å²) < 4.78 is 41.5. The van der Waals surface area contributed by atoms with E-state index in [-0.39, 0.29) is 6.04 Å². The van der Waals surface area contributed by atoms with Crippen LogP contribution in [-0.2, 0) is 6.18 Å². The van der Waals surface area contributed by atoms with Crippen LogP contribution in [0.3, 0.4) is 0 Å². The predicted octanol–water partition coefficient (Wildman–Crippen LogP) is 5.48. The number of fused-ring (bicyclic) bond motifs is 1. The van der Waals surface area contributed by atoms with E-state index >= 15 is 0 Å². The van der Waals surface area contributed by atoms with Crippen molar-refractivity contribution in [1.82, 2.24) is 19.7 Å². The fraction of sp³-hybridized carbons (Fsp3) is 0.667. The molecule has 0 bridgehead atoms. The molecule has 1 aromatic carbocycles. The molecule has 1 spiro atoms. The van der Waals surface area contributed by atoms with Crippen molar-refractivity contribution in [2.24, 2.45) is 17.3 Å². The zero-order valence-electron chi connectivity index (χ0n) is 18.5. The van der Waals surface area contributed by atoms with E-state index in [1.807, 2.05) is 4.68 Å². The number of benzene rings is 1. The monoisotopic (exact) mass is 462 g/mol. The average Bonchev–Trinajstić information content (AvgIpc) is 3.20. The highest BCUT2D eigenvalue weighted by molar-refractivity contribution is 8.00. The van der Waals surface area contributed by atoms with E-state index in [4.69, 9.17) is 4.98 Å². The molecule has 3 heterocycles. The van der Waals surface area contributed by atoms with Crippen LogP contribution in [0.1, 0.15) is 56.5 Å². The molecular formula is C24H29F3N4S. The summed E-state index contributed by atoms with van der Waals surface area (Å²) in [6.07, 6.45) is -0.559. The molecule has 2 aromatic rings. The van der Waals surface area contributed by atoms with Crippen LogP contribution in [0, 0.1) is 17.3 Å². The molecule has 4 aliphatic rings. The van der Waals surface area contributed by atoms with E-state index in [0.717, 1.165) is 18.0 Å². The lowest BCUT2D eigenvalue weighted by atomic mass is 9.91. The molecule has 4 fully saturated rings. The standard InChI is InChI=1S/C24H29F3N4S/c1-14(2)31-22(28-21(29-31)15-4-3-5-16(8-15)24(25,26)27)20-18-9-17(10-19(18)20)30-7-6-23(11-30)12-32-13-23/h3-5,8,14,17-20H,6-7,9-13H2,1-2H3. The molecule has 2 saturated heterocycles. The van der Waals surface area contributed by atoms with Gasteiger partial charge in [-0.1, -0.05) is 12.1 Å². The van der Waals surface area contributed by atoms with Crippen molar-refractivity contribution < 1.29 is 13.2 Å². The number of halogens is 3. The molecule has 1 aromatic heterocycles. The number of rotatable bonds is 4. The van der Waals surface area contributed by atoms with Crippen LogP contribution >= 0.6 is 11.8 Å². The first-order valence-corrected chi connectivity index (χ1v) is 12.9. The van der Waals surface area contributed by atoms with E-state index in [1.165, 1.54) is 49.9 Å². The van der Waals surface area contributed by atoms with Crippen LogP contribution in [0.15, 0.2) is 24.3 Å². The summed E-state index contributed by atoms with van der Waals surface area (Å²) in [6.45, 7) is 6.65. The molecule has 2 aliphatic carbocycles. The lowest BCUT2D eigenvalue weighted by molar-refractivity contribution is -0.137. The molecular weight excluding hydrogens is 433 g/mol. The van der Waals surface area contributed by atoms with Gasteiger partial charge < -0.3 is 0 Å². The highest BCUT2D eigenvalue weighted by Crippen LogP contribution is 2.64. The second kappa shape index (κ2) is 7.23. The third-order valence-electron chi connectivity index (χ3n) is 8.11. The minimum absolute atomic E-state index is 0.128. The Balaban J connectivity index is 1.20. The van der Waals surface area contributed by atoms with Crippen molar-refractivity contribution >= 4 is 11.8 Å². The van der Waals surface area contributed by atoms with Crippen molar-refractivity contribution in [3.8, 4) is 11.4 Å². The van der Waals surface area contributed by atoms with Gasteiger partial charge in [0.25, 0.3) is 0 Å². The first-order chi connectivity index (χ1) is 15.2. The number of thioether (sulfide) groups is 1. The van der Waals surface area contributed by atoms with Gasteiger partial charge in [0.1, 0.15) is 5.82 Å². The Morgan fingerprint density at radius 1 is 1.16 bits per heavy atom. The van der Waals surface area contributed by atoms with Gasteiger partial charge in [-0.2, -0.15) is 30.0 Å². The molecule has 2 aliphatic heterocycles. The Morgan fingerprint density at radius 3 is 2.50 bits per heavy atom. The topological polar surface area (TPSA) is 34.0 Å². The fourth-order valence-electron chi connectivity index (χ4n) is 6.30. The second-order valence-corrected chi connectivity index (χ2v) is 11.6. The SMILES string of the molecule is CC(C)n1nc(-c2cccc(C(F)(F)F)c2)nc1C1C2CC(N3CCC4(CSC4)C3)CC21. The summed E-state index contributed by atoms with van der Waals surface area (Å²) >= 11 is 2.08. The van der Waals surface area contributed by atoms with Gasteiger partial charge in [0.2, 0.25) is 0 Å². The first-order valence-electron chi connectivity index (χ1n) is 11.7. The Hall–Kier alpha value is -1.54. The second-order valence-electron chi connectivity index (χ2n) is 10.6. The summed E-state index contributed by atoms with van der Waals surface area (Å²) in [6, 6.07) is 6.20. The number of hydrogen-bond acceptors (Lipinski definition) is 4. The van der Waals surface area contributed by atoms with Crippen molar-refractivity contribution in [3.63, 3.8) is 0 Å². The molecule has 0 radical (unpaired) electrons. The molecule has 2 unspecified atom stereocenters. The van der Waals surface area contributed by atoms with Crippen molar-refractivity contribution in [2.75, 3.05) is 24.6 Å². The zero-order chi connectivity index (χ0) is 22.3. The Morgan fingerprint density at radius 2 is 1.91 bits per heavy atom. The molecule has 8 heteroatoms. The quantitative estimate of drug-likeness (QED) is 0.603. The molecule has 2 saturated carbocycles. The van der Waals surface area contributed by atoms with E-state index in [1.54, 1.807) is 6.07 Å². The molecule has 172 valence electrons. The lowest BCUT2D eigenvalue weighted by Gasteiger charge is -2.38. The average molecular weight is 463 g/mol. The van der Waals surface area contributed by atoms with Crippen LogP contribution < -0.4 is 0 Å². The smallest absolute Gasteiger partial charge is 0.300 e. The van der Waals surface area contributed by atoms with Crippen LogP contribution in [0.5, 0.6) is 0 Å². The van der Waals surface area contributed by atoms with Gasteiger partial charge in [0.15, 0.2) is 5.82 Å². The van der Waals surface area contributed by atoms with Gasteiger partial charge in [0, 0.05) is 47.0 Å². The molecule has 6 rings (SSSR count). The summed E-state index contributed by atoms with van der Waals surface area (Å²) in [5.74, 6) is 5.73. The Labute approximate surface area is 191 Å². The van der Waals surface area contributed by atoms with Crippen LogP contribution in [-0.4, -0.2) is 50.3 Å². The molecule has 32 heavy (non-hydrogen) atoms. The third-order valence-corrected chi connectivity index (χ3v) is 9.75. The number of nitrogens with zero attached hydrogens (tertiary/aromatic N) is 4. The van der Waals surface area contributed by atoms with Gasteiger partial charge in [-0.25, -0.2) is 9.67 Å². The number of aromatic nitrogens is 3. The van der Waals surface area contributed by atoms with Crippen LogP contribution in [0.4, 0.5) is 13.2 Å². The maximum atomic E-state index is 13.2. The summed E-state index contributed by atoms with van der Waals surface area (Å²) in [7, 11) is 0. The Bertz CT molecular complexity index is 1020. The van der Waals surface area contributed by atoms with Crippen molar-refractivity contribution in [2.45, 2.75) is 57.3 Å².